The average Bonchev–Trinajstić information content (AvgIpc) is 3.19. The first-order chi connectivity index (χ1) is 19.4. The van der Waals surface area contributed by atoms with Gasteiger partial charge in [-0.15, -0.1) is 0 Å². The molecule has 0 bridgehead atoms. The van der Waals surface area contributed by atoms with Gasteiger partial charge < -0.3 is 31.9 Å². The smallest absolute Gasteiger partial charge is 0.343 e. The van der Waals surface area contributed by atoms with E-state index in [-0.39, 0.29) is 18.5 Å². The molecule has 1 fully saturated rings. The number of quaternary nitrogens is 1. The number of likely N-dealkylation sites (N-methyl/N-ethyl adjacent to an activating group) is 2. The first-order valence-electron chi connectivity index (χ1n) is 13.5. The van der Waals surface area contributed by atoms with Crippen LogP contribution in [0.25, 0.3) is 10.9 Å². The second-order valence-corrected chi connectivity index (χ2v) is 11.0. The van der Waals surface area contributed by atoms with E-state index in [1.807, 2.05) is 24.3 Å². The molecule has 2 aromatic carbocycles. The van der Waals surface area contributed by atoms with Crippen molar-refractivity contribution in [3.05, 3.63) is 71.9 Å². The van der Waals surface area contributed by atoms with E-state index in [9.17, 15) is 22.8 Å². The van der Waals surface area contributed by atoms with Crippen molar-refractivity contribution in [2.75, 3.05) is 39.0 Å². The van der Waals surface area contributed by atoms with Crippen molar-refractivity contribution in [2.45, 2.75) is 43.2 Å². The molecule has 0 aliphatic carbocycles. The van der Waals surface area contributed by atoms with Crippen molar-refractivity contribution in [3.63, 3.8) is 0 Å². The molecule has 2 heterocycles. The van der Waals surface area contributed by atoms with Crippen molar-refractivity contribution in [3.8, 4) is 0 Å². The number of pyridine rings is 1. The van der Waals surface area contributed by atoms with Gasteiger partial charge in [0.25, 0.3) is 0 Å². The number of para-hydroxylation sites is 1. The number of carbonyl (C=O) groups is 2. The number of carbonyl (C=O) groups excluding carboxylic acids is 2. The fourth-order valence-electron chi connectivity index (χ4n) is 5.31. The molecule has 4 rings (SSSR count). The number of alkyl halides is 3. The number of hydrogen-bond acceptors (Lipinski definition) is 6. The van der Waals surface area contributed by atoms with Crippen LogP contribution in [-0.4, -0.2) is 79.2 Å². The van der Waals surface area contributed by atoms with Crippen LogP contribution in [0.5, 0.6) is 0 Å². The topological polar surface area (TPSA) is 135 Å². The molecule has 1 aliphatic rings. The summed E-state index contributed by atoms with van der Waals surface area (Å²) >= 11 is 0. The number of hydrogen-bond donors (Lipinski definition) is 5. The third-order valence-corrected chi connectivity index (χ3v) is 7.69. The van der Waals surface area contributed by atoms with Crippen molar-refractivity contribution in [2.24, 2.45) is 11.5 Å². The lowest BCUT2D eigenvalue weighted by atomic mass is 10.0. The van der Waals surface area contributed by atoms with Crippen LogP contribution in [0.3, 0.4) is 0 Å². The Bertz CT molecular complexity index is 1360. The normalized spacial score (nSPS) is 20.0. The summed E-state index contributed by atoms with van der Waals surface area (Å²) in [7, 11) is 3.72. The number of amides is 2. The van der Waals surface area contributed by atoms with Gasteiger partial charge in [-0.1, -0.05) is 30.3 Å². The molecule has 41 heavy (non-hydrogen) atoms. The van der Waals surface area contributed by atoms with Crippen LogP contribution in [0, 0.1) is 0 Å². The third-order valence-electron chi connectivity index (χ3n) is 7.69. The molecule has 0 spiro atoms. The van der Waals surface area contributed by atoms with Gasteiger partial charge in [0, 0.05) is 18.2 Å². The summed E-state index contributed by atoms with van der Waals surface area (Å²) in [5, 5.41) is 9.45. The zero-order valence-corrected chi connectivity index (χ0v) is 23.1. The number of nitrogens with zero attached hydrogens (tertiary/aromatic N) is 2. The van der Waals surface area contributed by atoms with Crippen molar-refractivity contribution < 1.29 is 27.2 Å². The molecule has 220 valence electrons. The van der Waals surface area contributed by atoms with Crippen LogP contribution in [0.1, 0.15) is 17.5 Å². The summed E-state index contributed by atoms with van der Waals surface area (Å²) < 4.78 is 39.8. The van der Waals surface area contributed by atoms with E-state index in [2.05, 4.69) is 28.0 Å². The number of likely N-dealkylation sites (tertiary alicyclic amines) is 1. The Hall–Kier alpha value is -3.58. The van der Waals surface area contributed by atoms with Crippen LogP contribution >= 0.6 is 0 Å². The number of anilines is 1. The van der Waals surface area contributed by atoms with Gasteiger partial charge in [0.15, 0.2) is 0 Å². The molecular formula is C29H37F3N7O2+. The predicted molar refractivity (Wildman–Crippen MR) is 152 cm³/mol. The van der Waals surface area contributed by atoms with Gasteiger partial charge in [0.1, 0.15) is 6.04 Å². The highest BCUT2D eigenvalue weighted by Gasteiger charge is 2.39. The summed E-state index contributed by atoms with van der Waals surface area (Å²) in [6.45, 7) is 2.06. The zero-order chi connectivity index (χ0) is 29.8. The Morgan fingerprint density at radius 2 is 1.68 bits per heavy atom. The highest BCUT2D eigenvalue weighted by Crippen LogP contribution is 2.29. The maximum Gasteiger partial charge on any atom is 0.416 e. The molecule has 1 aliphatic heterocycles. The van der Waals surface area contributed by atoms with Gasteiger partial charge in [-0.2, -0.15) is 13.2 Å². The zero-order valence-electron chi connectivity index (χ0n) is 23.1. The number of aromatic nitrogens is 1. The molecule has 1 unspecified atom stereocenters. The fourth-order valence-corrected chi connectivity index (χ4v) is 5.31. The molecule has 12 heteroatoms. The first kappa shape index (κ1) is 30.4. The Balaban J connectivity index is 1.50. The minimum absolute atomic E-state index is 0.00929. The van der Waals surface area contributed by atoms with Crippen LogP contribution in [0.2, 0.25) is 0 Å². The van der Waals surface area contributed by atoms with Gasteiger partial charge in [0.05, 0.1) is 67.8 Å². The van der Waals surface area contributed by atoms with E-state index in [4.69, 9.17) is 11.5 Å². The standard InChI is InChI=1S/C29H36F3N7O2/c1-35-25(11-12-39(2)16-22(33)23(34)17-39)27(40)38-26(13-18-7-9-20(10-8-18)29(30,31)32)28(41)37-21-14-19-5-3-4-6-24(19)36-15-21/h3-10,14-15,22-23,25-26,35H,11-13,16-17,33-34H2,1-2H3,(H-,37,38,40,41)/p+1/t22-,23-,25?,26-/m0/s1. The first-order valence-corrected chi connectivity index (χ1v) is 13.5. The van der Waals surface area contributed by atoms with Gasteiger partial charge in [-0.3, -0.25) is 14.6 Å². The van der Waals surface area contributed by atoms with Crippen LogP contribution in [0.4, 0.5) is 18.9 Å². The number of nitrogens with one attached hydrogen (secondary N) is 3. The van der Waals surface area contributed by atoms with Crippen molar-refractivity contribution in [1.29, 1.82) is 0 Å². The van der Waals surface area contributed by atoms with E-state index in [1.165, 1.54) is 18.3 Å². The third kappa shape index (κ3) is 7.79. The molecule has 9 nitrogen and oxygen atoms in total. The minimum Gasteiger partial charge on any atom is -0.343 e. The average molecular weight is 573 g/mol. The lowest BCUT2D eigenvalue weighted by Crippen LogP contribution is -2.53. The largest absolute Gasteiger partial charge is 0.416 e. The maximum absolute atomic E-state index is 13.4. The lowest BCUT2D eigenvalue weighted by Gasteiger charge is -2.31. The molecule has 0 radical (unpaired) electrons. The molecule has 2 amide bonds. The van der Waals surface area contributed by atoms with Crippen LogP contribution in [-0.2, 0) is 22.2 Å². The molecule has 7 N–H and O–H groups in total. The van der Waals surface area contributed by atoms with Gasteiger partial charge in [-0.25, -0.2) is 0 Å². The molecule has 1 aromatic heterocycles. The Kier molecular flexibility index (Phi) is 9.27. The number of benzene rings is 2. The van der Waals surface area contributed by atoms with Gasteiger partial charge in [0.2, 0.25) is 11.8 Å². The fraction of sp³-hybridized carbons (Fsp3) is 0.414. The van der Waals surface area contributed by atoms with E-state index >= 15 is 0 Å². The summed E-state index contributed by atoms with van der Waals surface area (Å²) in [5.41, 5.74) is 13.1. The number of fused-ring (bicyclic) bond motifs is 1. The second-order valence-electron chi connectivity index (χ2n) is 11.0. The number of rotatable bonds is 10. The Morgan fingerprint density at radius 3 is 2.32 bits per heavy atom. The summed E-state index contributed by atoms with van der Waals surface area (Å²) in [6, 6.07) is 11.9. The highest BCUT2D eigenvalue weighted by atomic mass is 19.4. The van der Waals surface area contributed by atoms with Gasteiger partial charge >= 0.3 is 6.18 Å². The molecule has 0 saturated carbocycles. The molecule has 1 saturated heterocycles. The molecule has 3 aromatic rings. The van der Waals surface area contributed by atoms with Gasteiger partial charge in [-0.05, 0) is 36.9 Å². The quantitative estimate of drug-likeness (QED) is 0.236. The number of nitrogens with two attached hydrogens (primary N) is 2. The lowest BCUT2D eigenvalue weighted by molar-refractivity contribution is -0.898. The van der Waals surface area contributed by atoms with Crippen LogP contribution in [0.15, 0.2) is 60.8 Å². The number of halogens is 3. The van der Waals surface area contributed by atoms with Crippen molar-refractivity contribution >= 4 is 28.4 Å². The van der Waals surface area contributed by atoms with E-state index in [1.54, 1.807) is 13.1 Å². The SMILES string of the molecule is CNC(CC[N+]1(C)C[C@H](N)[C@@H](N)C1)C(=O)N[C@@H](Cc1ccc(C(F)(F)F)cc1)C(=O)Nc1cnc2ccccc2c1. The summed E-state index contributed by atoms with van der Waals surface area (Å²) in [6.07, 6.45) is -2.50. The highest BCUT2D eigenvalue weighted by molar-refractivity contribution is 5.99. The molecular weight excluding hydrogens is 535 g/mol. The van der Waals surface area contributed by atoms with E-state index in [0.717, 1.165) is 23.0 Å². The monoisotopic (exact) mass is 572 g/mol. The van der Waals surface area contributed by atoms with Crippen molar-refractivity contribution in [1.82, 2.24) is 15.6 Å². The maximum atomic E-state index is 13.4. The second kappa shape index (κ2) is 12.5. The minimum atomic E-state index is -4.48. The Morgan fingerprint density at radius 1 is 1.02 bits per heavy atom. The summed E-state index contributed by atoms with van der Waals surface area (Å²) in [4.78, 5) is 31.1. The van der Waals surface area contributed by atoms with Crippen LogP contribution < -0.4 is 27.4 Å². The summed E-state index contributed by atoms with van der Waals surface area (Å²) in [5.74, 6) is -0.906. The van der Waals surface area contributed by atoms with E-state index < -0.39 is 35.6 Å². The molecule has 4 atom stereocenters. The Labute approximate surface area is 237 Å². The predicted octanol–water partition coefficient (Wildman–Crippen LogP) is 2.01. The van der Waals surface area contributed by atoms with E-state index in [0.29, 0.717) is 41.8 Å².